The minimum absolute atomic E-state index is 0.0207. The van der Waals surface area contributed by atoms with Gasteiger partial charge in [0, 0.05) is 0 Å². The smallest absolute Gasteiger partial charge is 0.408 e. The van der Waals surface area contributed by atoms with Gasteiger partial charge in [-0.15, -0.1) is 6.58 Å². The highest BCUT2D eigenvalue weighted by atomic mass is 16.5. The Labute approximate surface area is 139 Å². The number of carbonyl (C=O) groups is 3. The minimum Gasteiger partial charge on any atom is -0.445 e. The molecule has 0 heterocycles. The fraction of sp³-hybridized carbons (Fsp3) is 0.312. The Balaban J connectivity index is 2.52. The minimum atomic E-state index is -1.26. The van der Waals surface area contributed by atoms with E-state index in [0.717, 1.165) is 5.56 Å². The molecule has 0 spiro atoms. The molecule has 0 aliphatic carbocycles. The Morgan fingerprint density at radius 2 is 1.88 bits per heavy atom. The third kappa shape index (κ3) is 6.49. The highest BCUT2D eigenvalue weighted by Gasteiger charge is 2.24. The van der Waals surface area contributed by atoms with Crippen LogP contribution in [-0.2, 0) is 20.9 Å². The van der Waals surface area contributed by atoms with E-state index in [2.05, 4.69) is 17.2 Å². The molecule has 3 amide bonds. The summed E-state index contributed by atoms with van der Waals surface area (Å²) in [5.41, 5.74) is 5.93. The molecule has 1 aromatic carbocycles. The van der Waals surface area contributed by atoms with E-state index in [-0.39, 0.29) is 13.0 Å². The van der Waals surface area contributed by atoms with E-state index in [0.29, 0.717) is 0 Å². The van der Waals surface area contributed by atoms with Crippen molar-refractivity contribution in [1.29, 1.82) is 0 Å². The van der Waals surface area contributed by atoms with Gasteiger partial charge < -0.3 is 26.2 Å². The van der Waals surface area contributed by atoms with Gasteiger partial charge in [0.15, 0.2) is 0 Å². The predicted molar refractivity (Wildman–Crippen MR) is 86.6 cm³/mol. The molecule has 1 aromatic rings. The van der Waals surface area contributed by atoms with Crippen LogP contribution in [0.25, 0.3) is 0 Å². The molecule has 0 aliphatic rings. The van der Waals surface area contributed by atoms with Gasteiger partial charge in [-0.3, -0.25) is 9.59 Å². The molecular weight excluding hydrogens is 314 g/mol. The summed E-state index contributed by atoms with van der Waals surface area (Å²) in [5.74, 6) is -1.49. The first-order valence-corrected chi connectivity index (χ1v) is 7.26. The van der Waals surface area contributed by atoms with Crippen LogP contribution < -0.4 is 16.4 Å². The normalized spacial score (nSPS) is 12.5. The van der Waals surface area contributed by atoms with Crippen molar-refractivity contribution in [2.45, 2.75) is 25.1 Å². The molecule has 8 nitrogen and oxygen atoms in total. The van der Waals surface area contributed by atoms with Gasteiger partial charge in [-0.2, -0.15) is 0 Å². The number of primary amides is 1. The largest absolute Gasteiger partial charge is 0.445 e. The quantitative estimate of drug-likeness (QED) is 0.465. The number of benzene rings is 1. The Morgan fingerprint density at radius 3 is 2.42 bits per heavy atom. The van der Waals surface area contributed by atoms with Gasteiger partial charge >= 0.3 is 6.09 Å². The molecule has 8 heteroatoms. The second-order valence-electron chi connectivity index (χ2n) is 4.93. The highest BCUT2D eigenvalue weighted by molar-refractivity contribution is 5.90. The van der Waals surface area contributed by atoms with E-state index >= 15 is 0 Å². The average Bonchev–Trinajstić information content (AvgIpc) is 2.58. The van der Waals surface area contributed by atoms with Gasteiger partial charge in [0.05, 0.1) is 6.61 Å². The van der Waals surface area contributed by atoms with Gasteiger partial charge in [0.25, 0.3) is 0 Å². The zero-order chi connectivity index (χ0) is 17.9. The molecule has 0 bridgehead atoms. The number of rotatable bonds is 9. The fourth-order valence-electron chi connectivity index (χ4n) is 1.79. The number of aliphatic hydroxyl groups excluding tert-OH is 1. The molecule has 5 N–H and O–H groups in total. The lowest BCUT2D eigenvalue weighted by molar-refractivity contribution is -0.129. The fourth-order valence-corrected chi connectivity index (χ4v) is 1.79. The summed E-state index contributed by atoms with van der Waals surface area (Å²) in [7, 11) is 0. The zero-order valence-electron chi connectivity index (χ0n) is 13.1. The SMILES string of the molecule is C=CC[C@@H](NC(=O)[C@H](CO)NC(=O)OCc1ccccc1)C(N)=O. The Kier molecular flexibility index (Phi) is 8.00. The van der Waals surface area contributed by atoms with Crippen LogP contribution in [0.4, 0.5) is 4.79 Å². The van der Waals surface area contributed by atoms with E-state index in [1.54, 1.807) is 24.3 Å². The molecular formula is C16H21N3O5. The molecule has 1 rings (SSSR count). The van der Waals surface area contributed by atoms with Crippen molar-refractivity contribution in [1.82, 2.24) is 10.6 Å². The third-order valence-corrected chi connectivity index (χ3v) is 3.07. The molecule has 0 saturated carbocycles. The summed E-state index contributed by atoms with van der Waals surface area (Å²) in [4.78, 5) is 34.9. The molecule has 2 atom stereocenters. The number of amides is 3. The molecule has 0 aliphatic heterocycles. The standard InChI is InChI=1S/C16H21N3O5/c1-2-6-12(14(17)21)18-15(22)13(9-20)19-16(23)24-10-11-7-4-3-5-8-11/h2-5,7-8,12-13,20H,1,6,9-10H2,(H2,17,21)(H,18,22)(H,19,23)/t12-,13+/m1/s1. The summed E-state index contributed by atoms with van der Waals surface area (Å²) in [6.07, 6.45) is 0.690. The summed E-state index contributed by atoms with van der Waals surface area (Å²) in [5, 5.41) is 13.8. The molecule has 0 unspecified atom stereocenters. The number of ether oxygens (including phenoxy) is 1. The topological polar surface area (TPSA) is 131 Å². The number of nitrogens with one attached hydrogen (secondary N) is 2. The van der Waals surface area contributed by atoms with Gasteiger partial charge in [-0.05, 0) is 12.0 Å². The summed E-state index contributed by atoms with van der Waals surface area (Å²) < 4.78 is 4.96. The second-order valence-corrected chi connectivity index (χ2v) is 4.93. The van der Waals surface area contributed by atoms with Gasteiger partial charge in [-0.25, -0.2) is 4.79 Å². The van der Waals surface area contributed by atoms with E-state index in [1.807, 2.05) is 6.07 Å². The van der Waals surface area contributed by atoms with E-state index in [1.165, 1.54) is 6.08 Å². The molecule has 0 saturated heterocycles. The van der Waals surface area contributed by atoms with Crippen LogP contribution >= 0.6 is 0 Å². The first kappa shape index (κ1) is 19.2. The maximum atomic E-state index is 12.0. The van der Waals surface area contributed by atoms with Crippen molar-refractivity contribution < 1.29 is 24.2 Å². The van der Waals surface area contributed by atoms with Crippen molar-refractivity contribution in [3.63, 3.8) is 0 Å². The number of hydrogen-bond acceptors (Lipinski definition) is 5. The maximum Gasteiger partial charge on any atom is 0.408 e. The molecule has 0 radical (unpaired) electrons. The molecule has 24 heavy (non-hydrogen) atoms. The summed E-state index contributed by atoms with van der Waals surface area (Å²) in [6, 6.07) is 6.74. The molecule has 0 fully saturated rings. The van der Waals surface area contributed by atoms with Crippen LogP contribution in [0.2, 0.25) is 0 Å². The van der Waals surface area contributed by atoms with E-state index in [4.69, 9.17) is 10.5 Å². The Morgan fingerprint density at radius 1 is 1.21 bits per heavy atom. The van der Waals surface area contributed by atoms with E-state index < -0.39 is 36.6 Å². The highest BCUT2D eigenvalue weighted by Crippen LogP contribution is 2.01. The van der Waals surface area contributed by atoms with Gasteiger partial charge in [0.1, 0.15) is 18.7 Å². The first-order valence-electron chi connectivity index (χ1n) is 7.26. The monoisotopic (exact) mass is 335 g/mol. The van der Waals surface area contributed by atoms with Crippen LogP contribution in [-0.4, -0.2) is 41.7 Å². The predicted octanol–water partition coefficient (Wildman–Crippen LogP) is -0.180. The van der Waals surface area contributed by atoms with Gasteiger partial charge in [-0.1, -0.05) is 36.4 Å². The lowest BCUT2D eigenvalue weighted by atomic mass is 10.1. The number of aliphatic hydroxyl groups is 1. The second kappa shape index (κ2) is 10.0. The summed E-state index contributed by atoms with van der Waals surface area (Å²) >= 11 is 0. The van der Waals surface area contributed by atoms with Crippen LogP contribution in [0.3, 0.4) is 0 Å². The van der Waals surface area contributed by atoms with Crippen molar-refractivity contribution in [3.8, 4) is 0 Å². The van der Waals surface area contributed by atoms with Crippen molar-refractivity contribution >= 4 is 17.9 Å². The third-order valence-electron chi connectivity index (χ3n) is 3.07. The van der Waals surface area contributed by atoms with Crippen LogP contribution in [0, 0.1) is 0 Å². The lowest BCUT2D eigenvalue weighted by Crippen LogP contribution is -2.54. The lowest BCUT2D eigenvalue weighted by Gasteiger charge is -2.19. The average molecular weight is 335 g/mol. The van der Waals surface area contributed by atoms with Gasteiger partial charge in [0.2, 0.25) is 11.8 Å². The maximum absolute atomic E-state index is 12.0. The number of alkyl carbamates (subject to hydrolysis) is 1. The number of nitrogens with two attached hydrogens (primary N) is 1. The van der Waals surface area contributed by atoms with Crippen LogP contribution in [0.5, 0.6) is 0 Å². The Hall–Kier alpha value is -2.87. The Bertz CT molecular complexity index is 576. The number of hydrogen-bond donors (Lipinski definition) is 4. The van der Waals surface area contributed by atoms with Crippen molar-refractivity contribution in [3.05, 3.63) is 48.6 Å². The molecule has 0 aromatic heterocycles. The van der Waals surface area contributed by atoms with Crippen LogP contribution in [0.15, 0.2) is 43.0 Å². The zero-order valence-corrected chi connectivity index (χ0v) is 13.1. The van der Waals surface area contributed by atoms with Crippen LogP contribution in [0.1, 0.15) is 12.0 Å². The van der Waals surface area contributed by atoms with Crippen molar-refractivity contribution in [2.24, 2.45) is 5.73 Å². The first-order chi connectivity index (χ1) is 11.5. The summed E-state index contributed by atoms with van der Waals surface area (Å²) in [6.45, 7) is 2.82. The number of carbonyl (C=O) groups excluding carboxylic acids is 3. The van der Waals surface area contributed by atoms with E-state index in [9.17, 15) is 19.5 Å². The molecule has 130 valence electrons. The van der Waals surface area contributed by atoms with Crippen molar-refractivity contribution in [2.75, 3.05) is 6.61 Å².